The van der Waals surface area contributed by atoms with Crippen LogP contribution in [0.2, 0.25) is 5.02 Å². The summed E-state index contributed by atoms with van der Waals surface area (Å²) in [6, 6.07) is 1.06. The van der Waals surface area contributed by atoms with Crippen LogP contribution in [0, 0.1) is 5.82 Å². The number of hydrogen-bond acceptors (Lipinski definition) is 6. The van der Waals surface area contributed by atoms with Crippen molar-refractivity contribution in [1.82, 2.24) is 20.0 Å². The van der Waals surface area contributed by atoms with Crippen molar-refractivity contribution in [3.05, 3.63) is 56.7 Å². The minimum Gasteiger partial charge on any atom is -0.355 e. The summed E-state index contributed by atoms with van der Waals surface area (Å²) in [5.41, 5.74) is -1.68. The molecule has 1 amide bonds. The number of nitrogens with one attached hydrogen (secondary N) is 1. The zero-order valence-electron chi connectivity index (χ0n) is 18.3. The lowest BCUT2D eigenvalue weighted by atomic mass is 9.98. The van der Waals surface area contributed by atoms with Gasteiger partial charge >= 0.3 is 6.18 Å². The number of anilines is 1. The molecule has 2 aromatic rings. The summed E-state index contributed by atoms with van der Waals surface area (Å²) in [6.45, 7) is 4.01. The lowest BCUT2D eigenvalue weighted by Crippen LogP contribution is -2.56. The first-order valence-corrected chi connectivity index (χ1v) is 10.9. The van der Waals surface area contributed by atoms with Gasteiger partial charge in [-0.05, 0) is 31.5 Å². The van der Waals surface area contributed by atoms with E-state index in [2.05, 4.69) is 10.4 Å². The number of piperazine rings is 1. The number of alkyl halides is 3. The SMILES string of the molecule is CC(c1ccc(F)cc1C(F)(F)F)N1C[C@@H](C)N(c2cnn(C3NCCO3)c(=O)c2Cl)CC1=O. The maximum atomic E-state index is 13.5. The van der Waals surface area contributed by atoms with Crippen LogP contribution in [0.15, 0.2) is 29.2 Å². The summed E-state index contributed by atoms with van der Waals surface area (Å²) >= 11 is 6.32. The molecule has 4 rings (SSSR count). The molecule has 13 heteroatoms. The quantitative estimate of drug-likeness (QED) is 0.646. The Balaban J connectivity index is 1.59. The summed E-state index contributed by atoms with van der Waals surface area (Å²) < 4.78 is 60.4. The van der Waals surface area contributed by atoms with Crippen LogP contribution in [-0.4, -0.2) is 52.9 Å². The fourth-order valence-electron chi connectivity index (χ4n) is 4.25. The number of carbonyl (C=O) groups excluding carboxylic acids is 1. The van der Waals surface area contributed by atoms with Crippen molar-refractivity contribution in [1.29, 1.82) is 0 Å². The maximum Gasteiger partial charge on any atom is 0.416 e. The fraction of sp³-hybridized carbons (Fsp3) is 0.476. The van der Waals surface area contributed by atoms with Gasteiger partial charge in [0.2, 0.25) is 12.3 Å². The highest BCUT2D eigenvalue weighted by atomic mass is 35.5. The van der Waals surface area contributed by atoms with Crippen LogP contribution in [0.25, 0.3) is 0 Å². The fourth-order valence-corrected chi connectivity index (χ4v) is 4.50. The lowest BCUT2D eigenvalue weighted by Gasteiger charge is -2.43. The van der Waals surface area contributed by atoms with E-state index in [0.717, 1.165) is 16.8 Å². The van der Waals surface area contributed by atoms with Crippen LogP contribution in [0.1, 0.15) is 37.4 Å². The van der Waals surface area contributed by atoms with Gasteiger partial charge in [0.25, 0.3) is 5.56 Å². The van der Waals surface area contributed by atoms with Crippen molar-refractivity contribution in [2.75, 3.05) is 31.1 Å². The molecular weight excluding hydrogens is 482 g/mol. The van der Waals surface area contributed by atoms with Gasteiger partial charge < -0.3 is 14.5 Å². The van der Waals surface area contributed by atoms with Crippen molar-refractivity contribution in [3.63, 3.8) is 0 Å². The third-order valence-electron chi connectivity index (χ3n) is 6.01. The van der Waals surface area contributed by atoms with Crippen LogP contribution in [0.3, 0.4) is 0 Å². The second kappa shape index (κ2) is 9.16. The summed E-state index contributed by atoms with van der Waals surface area (Å²) in [6.07, 6.45) is -4.16. The van der Waals surface area contributed by atoms with Crippen LogP contribution in [0.4, 0.5) is 23.2 Å². The van der Waals surface area contributed by atoms with E-state index in [1.165, 1.54) is 18.0 Å². The van der Waals surface area contributed by atoms with E-state index < -0.39 is 47.5 Å². The highest BCUT2D eigenvalue weighted by Crippen LogP contribution is 2.38. The van der Waals surface area contributed by atoms with Gasteiger partial charge in [0.05, 0.1) is 36.6 Å². The molecule has 2 fully saturated rings. The predicted octanol–water partition coefficient (Wildman–Crippen LogP) is 2.93. The first-order chi connectivity index (χ1) is 16.0. The minimum absolute atomic E-state index is 0.0569. The van der Waals surface area contributed by atoms with E-state index in [1.807, 2.05) is 0 Å². The van der Waals surface area contributed by atoms with Crippen molar-refractivity contribution < 1.29 is 27.1 Å². The highest BCUT2D eigenvalue weighted by molar-refractivity contribution is 6.33. The van der Waals surface area contributed by atoms with Crippen molar-refractivity contribution in [3.8, 4) is 0 Å². The Morgan fingerprint density at radius 3 is 2.68 bits per heavy atom. The number of ether oxygens (including phenoxy) is 1. The second-order valence-corrected chi connectivity index (χ2v) is 8.58. The maximum absolute atomic E-state index is 13.5. The lowest BCUT2D eigenvalue weighted by molar-refractivity contribution is -0.141. The molecule has 8 nitrogen and oxygen atoms in total. The summed E-state index contributed by atoms with van der Waals surface area (Å²) in [7, 11) is 0. The average Bonchev–Trinajstić information content (AvgIpc) is 3.30. The molecule has 0 aliphatic carbocycles. The van der Waals surface area contributed by atoms with Gasteiger partial charge in [-0.3, -0.25) is 14.9 Å². The number of nitrogens with zero attached hydrogens (tertiary/aromatic N) is 4. The smallest absolute Gasteiger partial charge is 0.355 e. The van der Waals surface area contributed by atoms with Gasteiger partial charge in [0.1, 0.15) is 10.8 Å². The molecule has 1 aromatic heterocycles. The molecule has 0 bridgehead atoms. The normalized spacial score (nSPS) is 22.4. The van der Waals surface area contributed by atoms with E-state index in [4.69, 9.17) is 16.3 Å². The average molecular weight is 504 g/mol. The van der Waals surface area contributed by atoms with Crippen LogP contribution in [-0.2, 0) is 15.7 Å². The van der Waals surface area contributed by atoms with E-state index >= 15 is 0 Å². The van der Waals surface area contributed by atoms with E-state index in [1.54, 1.807) is 11.8 Å². The molecule has 1 aromatic carbocycles. The molecule has 1 N–H and O–H groups in total. The summed E-state index contributed by atoms with van der Waals surface area (Å²) in [5, 5.41) is 6.91. The second-order valence-electron chi connectivity index (χ2n) is 8.20. The molecule has 184 valence electrons. The molecule has 2 aliphatic heterocycles. The Hall–Kier alpha value is -2.70. The van der Waals surface area contributed by atoms with E-state index in [9.17, 15) is 27.2 Å². The Morgan fingerprint density at radius 1 is 1.29 bits per heavy atom. The Bertz CT molecular complexity index is 1150. The molecule has 0 radical (unpaired) electrons. The van der Waals surface area contributed by atoms with E-state index in [-0.39, 0.29) is 29.4 Å². The number of carbonyl (C=O) groups is 1. The third-order valence-corrected chi connectivity index (χ3v) is 6.37. The molecular formula is C21H22ClF4N5O3. The van der Waals surface area contributed by atoms with Crippen molar-refractivity contribution in [2.45, 2.75) is 38.5 Å². The zero-order chi connectivity index (χ0) is 24.8. The molecule has 2 aliphatic rings. The number of benzene rings is 1. The number of halogens is 5. The molecule has 2 saturated heterocycles. The summed E-state index contributed by atoms with van der Waals surface area (Å²) in [4.78, 5) is 28.6. The first-order valence-electron chi connectivity index (χ1n) is 10.5. The minimum atomic E-state index is -4.77. The Kier molecular flexibility index (Phi) is 6.58. The predicted molar refractivity (Wildman–Crippen MR) is 115 cm³/mol. The largest absolute Gasteiger partial charge is 0.416 e. The number of amides is 1. The molecule has 3 atom stereocenters. The molecule has 3 heterocycles. The molecule has 0 spiro atoms. The van der Waals surface area contributed by atoms with Gasteiger partial charge in [-0.1, -0.05) is 17.7 Å². The third kappa shape index (κ3) is 4.49. The van der Waals surface area contributed by atoms with Crippen molar-refractivity contribution in [2.24, 2.45) is 0 Å². The standard InChI is InChI=1S/C21H22ClF4N5O3/c1-11-9-30(12(2)14-4-3-13(23)7-15(14)21(24,25)26)17(32)10-29(11)16-8-28-31(19(33)18(16)22)20-27-5-6-34-20/h3-4,7-8,11-12,20,27H,5-6,9-10H2,1-2H3/t11-,12?,20?/m1/s1. The molecule has 2 unspecified atom stereocenters. The summed E-state index contributed by atoms with van der Waals surface area (Å²) in [5.74, 6) is -1.48. The topological polar surface area (TPSA) is 79.7 Å². The van der Waals surface area contributed by atoms with Crippen LogP contribution in [0.5, 0.6) is 0 Å². The van der Waals surface area contributed by atoms with Gasteiger partial charge in [0.15, 0.2) is 0 Å². The van der Waals surface area contributed by atoms with Gasteiger partial charge in [-0.15, -0.1) is 0 Å². The molecule has 0 saturated carbocycles. The Labute approximate surface area is 197 Å². The van der Waals surface area contributed by atoms with Gasteiger partial charge in [-0.25, -0.2) is 4.39 Å². The van der Waals surface area contributed by atoms with Crippen LogP contribution >= 0.6 is 11.6 Å². The monoisotopic (exact) mass is 503 g/mol. The zero-order valence-corrected chi connectivity index (χ0v) is 19.0. The van der Waals surface area contributed by atoms with Gasteiger partial charge in [0, 0.05) is 19.1 Å². The van der Waals surface area contributed by atoms with Crippen LogP contribution < -0.4 is 15.8 Å². The highest BCUT2D eigenvalue weighted by Gasteiger charge is 2.39. The number of rotatable bonds is 4. The van der Waals surface area contributed by atoms with Crippen molar-refractivity contribution >= 4 is 23.2 Å². The van der Waals surface area contributed by atoms with E-state index in [0.29, 0.717) is 19.2 Å². The van der Waals surface area contributed by atoms with Gasteiger partial charge in [-0.2, -0.15) is 23.0 Å². The Morgan fingerprint density at radius 2 is 2.03 bits per heavy atom. The molecule has 34 heavy (non-hydrogen) atoms. The number of hydrogen-bond donors (Lipinski definition) is 1. The first kappa shape index (κ1) is 24.4. The number of aromatic nitrogens is 2.